The molecule has 0 saturated carbocycles. The van der Waals surface area contributed by atoms with Crippen LogP contribution in [0.15, 0.2) is 16.7 Å². The highest BCUT2D eigenvalue weighted by Crippen LogP contribution is 2.19. The molecule has 0 aliphatic rings. The summed E-state index contributed by atoms with van der Waals surface area (Å²) in [5.74, 6) is 0.320. The van der Waals surface area contributed by atoms with E-state index in [4.69, 9.17) is 5.73 Å². The van der Waals surface area contributed by atoms with Crippen molar-refractivity contribution < 1.29 is 4.39 Å². The van der Waals surface area contributed by atoms with E-state index < -0.39 is 0 Å². The lowest BCUT2D eigenvalue weighted by molar-refractivity contribution is 0.493. The quantitative estimate of drug-likeness (QED) is 0.876. The third-order valence-electron chi connectivity index (χ3n) is 2.41. The van der Waals surface area contributed by atoms with Gasteiger partial charge in [0.2, 0.25) is 0 Å². The van der Waals surface area contributed by atoms with Crippen LogP contribution in [0.1, 0.15) is 20.3 Å². The average molecular weight is 290 g/mol. The minimum atomic E-state index is -0.350. The first kappa shape index (κ1) is 13.4. The fourth-order valence-corrected chi connectivity index (χ4v) is 1.75. The molecule has 90 valence electrons. The number of nitrogens with zero attached hydrogens (tertiary/aromatic N) is 1. The number of rotatable bonds is 5. The maximum Gasteiger partial charge on any atom is 0.166 e. The van der Waals surface area contributed by atoms with Crippen LogP contribution in [0.2, 0.25) is 0 Å². The van der Waals surface area contributed by atoms with Crippen molar-refractivity contribution in [1.82, 2.24) is 4.98 Å². The Balaban J connectivity index is 2.77. The lowest BCUT2D eigenvalue weighted by atomic mass is 10.0. The molecule has 5 heteroatoms. The number of nitrogens with one attached hydrogen (secondary N) is 1. The molecule has 0 aliphatic heterocycles. The molecule has 1 atom stereocenters. The van der Waals surface area contributed by atoms with Crippen molar-refractivity contribution in [1.29, 1.82) is 0 Å². The minimum absolute atomic E-state index is 0.146. The molecule has 3 N–H and O–H groups in total. The second-order valence-electron chi connectivity index (χ2n) is 4.06. The summed E-state index contributed by atoms with van der Waals surface area (Å²) >= 11 is 3.17. The maximum absolute atomic E-state index is 13.5. The van der Waals surface area contributed by atoms with E-state index in [0.717, 1.165) is 6.42 Å². The van der Waals surface area contributed by atoms with Gasteiger partial charge >= 0.3 is 0 Å². The molecule has 3 nitrogen and oxygen atoms in total. The molecular formula is C11H17BrFN3. The maximum atomic E-state index is 13.5. The molecule has 0 radical (unpaired) electrons. The van der Waals surface area contributed by atoms with E-state index in [1.807, 2.05) is 0 Å². The minimum Gasteiger partial charge on any atom is -0.365 e. The van der Waals surface area contributed by atoms with E-state index in [1.54, 1.807) is 6.20 Å². The van der Waals surface area contributed by atoms with Crippen molar-refractivity contribution in [2.45, 2.75) is 26.3 Å². The van der Waals surface area contributed by atoms with Crippen LogP contribution in [-0.4, -0.2) is 17.6 Å². The summed E-state index contributed by atoms with van der Waals surface area (Å²) in [6.07, 6.45) is 2.38. The molecule has 1 aromatic heterocycles. The standard InChI is InChI=1S/C11H17BrFN3/c1-7(2)10(3-4-14)16-11-9(13)5-8(12)6-15-11/h5-7,10H,3-4,14H2,1-2H3,(H,15,16). The molecule has 1 unspecified atom stereocenters. The monoisotopic (exact) mass is 289 g/mol. The first-order valence-corrected chi connectivity index (χ1v) is 6.11. The smallest absolute Gasteiger partial charge is 0.166 e. The van der Waals surface area contributed by atoms with Gasteiger partial charge in [-0.05, 0) is 40.9 Å². The van der Waals surface area contributed by atoms with Crippen molar-refractivity contribution in [3.05, 3.63) is 22.6 Å². The number of pyridine rings is 1. The Kier molecular flexibility index (Phi) is 5.15. The number of anilines is 1. The Bertz CT molecular complexity index is 344. The summed E-state index contributed by atoms with van der Waals surface area (Å²) in [6, 6.07) is 1.54. The fraction of sp³-hybridized carbons (Fsp3) is 0.545. The highest BCUT2D eigenvalue weighted by atomic mass is 79.9. The van der Waals surface area contributed by atoms with Crippen LogP contribution in [0.4, 0.5) is 10.2 Å². The highest BCUT2D eigenvalue weighted by molar-refractivity contribution is 9.10. The third kappa shape index (κ3) is 3.72. The zero-order chi connectivity index (χ0) is 12.1. The Morgan fingerprint density at radius 1 is 1.56 bits per heavy atom. The SMILES string of the molecule is CC(C)C(CCN)Nc1ncc(Br)cc1F. The van der Waals surface area contributed by atoms with Gasteiger partial charge in [-0.3, -0.25) is 0 Å². The van der Waals surface area contributed by atoms with E-state index in [2.05, 4.69) is 40.1 Å². The summed E-state index contributed by atoms with van der Waals surface area (Å²) in [6.45, 7) is 4.72. The number of hydrogen-bond acceptors (Lipinski definition) is 3. The lowest BCUT2D eigenvalue weighted by Gasteiger charge is -2.22. The number of aromatic nitrogens is 1. The molecule has 0 amide bonds. The van der Waals surface area contributed by atoms with Crippen LogP contribution >= 0.6 is 15.9 Å². The van der Waals surface area contributed by atoms with Crippen LogP contribution in [0, 0.1) is 11.7 Å². The van der Waals surface area contributed by atoms with Crippen LogP contribution in [-0.2, 0) is 0 Å². The van der Waals surface area contributed by atoms with Gasteiger partial charge in [-0.15, -0.1) is 0 Å². The van der Waals surface area contributed by atoms with Crippen molar-refractivity contribution in [3.63, 3.8) is 0 Å². The van der Waals surface area contributed by atoms with Gasteiger partial charge in [-0.25, -0.2) is 9.37 Å². The molecule has 0 saturated heterocycles. The molecule has 1 rings (SSSR count). The van der Waals surface area contributed by atoms with E-state index in [1.165, 1.54) is 6.07 Å². The fourth-order valence-electron chi connectivity index (χ4n) is 1.45. The molecule has 0 bridgehead atoms. The van der Waals surface area contributed by atoms with Crippen molar-refractivity contribution >= 4 is 21.7 Å². The highest BCUT2D eigenvalue weighted by Gasteiger charge is 2.15. The van der Waals surface area contributed by atoms with Crippen LogP contribution in [0.3, 0.4) is 0 Å². The summed E-state index contributed by atoms with van der Waals surface area (Å²) in [5.41, 5.74) is 5.52. The zero-order valence-electron chi connectivity index (χ0n) is 9.50. The lowest BCUT2D eigenvalue weighted by Crippen LogP contribution is -2.29. The summed E-state index contributed by atoms with van der Waals surface area (Å²) in [4.78, 5) is 4.01. The first-order valence-electron chi connectivity index (χ1n) is 5.32. The number of halogens is 2. The van der Waals surface area contributed by atoms with Gasteiger partial charge in [-0.1, -0.05) is 13.8 Å². The van der Waals surface area contributed by atoms with Gasteiger partial charge in [-0.2, -0.15) is 0 Å². The Hall–Kier alpha value is -0.680. The Labute approximate surface area is 104 Å². The van der Waals surface area contributed by atoms with E-state index in [9.17, 15) is 4.39 Å². The van der Waals surface area contributed by atoms with E-state index >= 15 is 0 Å². The first-order chi connectivity index (χ1) is 7.54. The van der Waals surface area contributed by atoms with Gasteiger partial charge in [0.05, 0.1) is 0 Å². The van der Waals surface area contributed by atoms with Crippen LogP contribution < -0.4 is 11.1 Å². The zero-order valence-corrected chi connectivity index (χ0v) is 11.1. The van der Waals surface area contributed by atoms with E-state index in [-0.39, 0.29) is 17.7 Å². The molecular weight excluding hydrogens is 273 g/mol. The molecule has 0 spiro atoms. The van der Waals surface area contributed by atoms with Crippen molar-refractivity contribution in [2.75, 3.05) is 11.9 Å². The van der Waals surface area contributed by atoms with Gasteiger partial charge < -0.3 is 11.1 Å². The topological polar surface area (TPSA) is 50.9 Å². The predicted octanol–water partition coefficient (Wildman–Crippen LogP) is 2.77. The average Bonchev–Trinajstić information content (AvgIpc) is 2.20. The number of nitrogens with two attached hydrogens (primary N) is 1. The molecule has 0 aliphatic carbocycles. The molecule has 16 heavy (non-hydrogen) atoms. The molecule has 1 heterocycles. The molecule has 0 aromatic carbocycles. The summed E-state index contributed by atoms with van der Waals surface area (Å²) < 4.78 is 14.2. The van der Waals surface area contributed by atoms with Gasteiger partial charge in [0.25, 0.3) is 0 Å². The van der Waals surface area contributed by atoms with Crippen molar-refractivity contribution in [2.24, 2.45) is 11.7 Å². The third-order valence-corrected chi connectivity index (χ3v) is 2.85. The van der Waals surface area contributed by atoms with Gasteiger partial charge in [0.1, 0.15) is 0 Å². The van der Waals surface area contributed by atoms with Gasteiger partial charge in [0.15, 0.2) is 11.6 Å². The second-order valence-corrected chi connectivity index (χ2v) is 4.97. The van der Waals surface area contributed by atoms with Crippen LogP contribution in [0.5, 0.6) is 0 Å². The Morgan fingerprint density at radius 2 is 2.25 bits per heavy atom. The summed E-state index contributed by atoms with van der Waals surface area (Å²) in [7, 11) is 0. The van der Waals surface area contributed by atoms with Crippen molar-refractivity contribution in [3.8, 4) is 0 Å². The second kappa shape index (κ2) is 6.15. The normalized spacial score (nSPS) is 12.9. The van der Waals surface area contributed by atoms with E-state index in [0.29, 0.717) is 16.9 Å². The molecule has 0 fully saturated rings. The number of hydrogen-bond donors (Lipinski definition) is 2. The predicted molar refractivity (Wildman–Crippen MR) is 67.8 cm³/mol. The molecule has 1 aromatic rings. The van der Waals surface area contributed by atoms with Crippen LogP contribution in [0.25, 0.3) is 0 Å². The van der Waals surface area contributed by atoms with Gasteiger partial charge in [0, 0.05) is 16.7 Å². The Morgan fingerprint density at radius 3 is 2.75 bits per heavy atom. The summed E-state index contributed by atoms with van der Waals surface area (Å²) in [5, 5.41) is 3.09. The largest absolute Gasteiger partial charge is 0.365 e.